The van der Waals surface area contributed by atoms with Gasteiger partial charge in [0.25, 0.3) is 0 Å². The van der Waals surface area contributed by atoms with Crippen molar-refractivity contribution in [1.29, 1.82) is 0 Å². The van der Waals surface area contributed by atoms with E-state index in [9.17, 15) is 5.11 Å². The molecule has 0 spiro atoms. The molecule has 1 heterocycles. The normalized spacial score (nSPS) is 14.3. The topological polar surface area (TPSA) is 32.3 Å². The third-order valence-electron chi connectivity index (χ3n) is 2.25. The molecule has 1 atom stereocenters. The highest BCUT2D eigenvalue weighted by molar-refractivity contribution is 7.07. The Kier molecular flexibility index (Phi) is 4.11. The van der Waals surface area contributed by atoms with Crippen molar-refractivity contribution in [3.63, 3.8) is 0 Å². The van der Waals surface area contributed by atoms with E-state index < -0.39 is 0 Å². The molecular weight excluding hydrogens is 194 g/mol. The van der Waals surface area contributed by atoms with Gasteiger partial charge in [-0.2, -0.15) is 11.3 Å². The standard InChI is InChI=1S/C11H19NOS/c1-11(2,3)10(13)7-12-6-9-4-5-14-8-9/h4-5,8,10,12-13H,6-7H2,1-3H3. The van der Waals surface area contributed by atoms with Crippen molar-refractivity contribution in [3.8, 4) is 0 Å². The molecule has 0 fully saturated rings. The minimum Gasteiger partial charge on any atom is -0.391 e. The molecule has 0 aromatic carbocycles. The maximum Gasteiger partial charge on any atom is 0.0712 e. The monoisotopic (exact) mass is 213 g/mol. The smallest absolute Gasteiger partial charge is 0.0712 e. The molecule has 0 radical (unpaired) electrons. The van der Waals surface area contributed by atoms with Crippen LogP contribution in [0.4, 0.5) is 0 Å². The Labute approximate surface area is 90.0 Å². The predicted molar refractivity (Wildman–Crippen MR) is 61.5 cm³/mol. The number of hydrogen-bond acceptors (Lipinski definition) is 3. The molecule has 0 aliphatic carbocycles. The van der Waals surface area contributed by atoms with Crippen LogP contribution in [0.3, 0.4) is 0 Å². The van der Waals surface area contributed by atoms with Gasteiger partial charge in [0.2, 0.25) is 0 Å². The van der Waals surface area contributed by atoms with Crippen LogP contribution >= 0.6 is 11.3 Å². The van der Waals surface area contributed by atoms with E-state index in [0.29, 0.717) is 6.54 Å². The number of hydrogen-bond donors (Lipinski definition) is 2. The molecule has 0 aliphatic heterocycles. The van der Waals surface area contributed by atoms with Gasteiger partial charge in [0, 0.05) is 13.1 Å². The highest BCUT2D eigenvalue weighted by atomic mass is 32.1. The lowest BCUT2D eigenvalue weighted by Gasteiger charge is -2.25. The Morgan fingerprint density at radius 1 is 1.50 bits per heavy atom. The molecule has 1 rings (SSSR count). The van der Waals surface area contributed by atoms with Gasteiger partial charge in [-0.3, -0.25) is 0 Å². The Hall–Kier alpha value is -0.380. The molecule has 0 amide bonds. The third kappa shape index (κ3) is 3.78. The van der Waals surface area contributed by atoms with Crippen molar-refractivity contribution < 1.29 is 5.11 Å². The third-order valence-corrected chi connectivity index (χ3v) is 2.98. The zero-order valence-corrected chi connectivity index (χ0v) is 9.90. The lowest BCUT2D eigenvalue weighted by molar-refractivity contribution is 0.0628. The average molecular weight is 213 g/mol. The molecular formula is C11H19NOS. The van der Waals surface area contributed by atoms with E-state index in [-0.39, 0.29) is 11.5 Å². The van der Waals surface area contributed by atoms with Crippen LogP contribution in [-0.4, -0.2) is 17.8 Å². The summed E-state index contributed by atoms with van der Waals surface area (Å²) in [6, 6.07) is 2.10. The number of aliphatic hydroxyl groups is 1. The second kappa shape index (κ2) is 4.91. The summed E-state index contributed by atoms with van der Waals surface area (Å²) in [5.41, 5.74) is 1.25. The Balaban J connectivity index is 2.22. The van der Waals surface area contributed by atoms with Gasteiger partial charge in [0.15, 0.2) is 0 Å². The molecule has 0 saturated heterocycles. The SMILES string of the molecule is CC(C)(C)C(O)CNCc1ccsc1. The van der Waals surface area contributed by atoms with Crippen LogP contribution in [0.5, 0.6) is 0 Å². The minimum atomic E-state index is -0.291. The van der Waals surface area contributed by atoms with Gasteiger partial charge in [-0.25, -0.2) is 0 Å². The van der Waals surface area contributed by atoms with E-state index in [4.69, 9.17) is 0 Å². The van der Waals surface area contributed by atoms with Crippen LogP contribution in [-0.2, 0) is 6.54 Å². The highest BCUT2D eigenvalue weighted by Crippen LogP contribution is 2.18. The van der Waals surface area contributed by atoms with Gasteiger partial charge in [0.05, 0.1) is 6.10 Å². The molecule has 2 N–H and O–H groups in total. The summed E-state index contributed by atoms with van der Waals surface area (Å²) >= 11 is 1.70. The highest BCUT2D eigenvalue weighted by Gasteiger charge is 2.21. The van der Waals surface area contributed by atoms with Crippen molar-refractivity contribution >= 4 is 11.3 Å². The summed E-state index contributed by atoms with van der Waals surface area (Å²) in [5.74, 6) is 0. The van der Waals surface area contributed by atoms with Gasteiger partial charge in [-0.05, 0) is 27.8 Å². The fourth-order valence-corrected chi connectivity index (χ4v) is 1.72. The molecule has 14 heavy (non-hydrogen) atoms. The zero-order valence-electron chi connectivity index (χ0n) is 9.08. The van der Waals surface area contributed by atoms with Crippen molar-refractivity contribution in [2.75, 3.05) is 6.54 Å². The maximum atomic E-state index is 9.75. The van der Waals surface area contributed by atoms with Gasteiger partial charge >= 0.3 is 0 Å². The predicted octanol–water partition coefficient (Wildman–Crippen LogP) is 2.24. The quantitative estimate of drug-likeness (QED) is 0.804. The van der Waals surface area contributed by atoms with E-state index in [1.807, 2.05) is 20.8 Å². The van der Waals surface area contributed by atoms with E-state index in [1.54, 1.807) is 11.3 Å². The molecule has 1 unspecified atom stereocenters. The van der Waals surface area contributed by atoms with E-state index in [1.165, 1.54) is 5.56 Å². The lowest BCUT2D eigenvalue weighted by Crippen LogP contribution is -2.36. The fraction of sp³-hybridized carbons (Fsp3) is 0.636. The van der Waals surface area contributed by atoms with Gasteiger partial charge < -0.3 is 10.4 Å². The Morgan fingerprint density at radius 3 is 2.71 bits per heavy atom. The summed E-state index contributed by atoms with van der Waals surface area (Å²) in [5, 5.41) is 17.2. The summed E-state index contributed by atoms with van der Waals surface area (Å²) < 4.78 is 0. The summed E-state index contributed by atoms with van der Waals surface area (Å²) in [6.07, 6.45) is -0.291. The number of thiophene rings is 1. The second-order valence-corrected chi connectivity index (χ2v) is 5.42. The van der Waals surface area contributed by atoms with Gasteiger partial charge in [0.1, 0.15) is 0 Å². The molecule has 80 valence electrons. The van der Waals surface area contributed by atoms with Crippen LogP contribution < -0.4 is 5.32 Å². The van der Waals surface area contributed by atoms with Crippen LogP contribution in [0.1, 0.15) is 26.3 Å². The first kappa shape index (κ1) is 11.7. The summed E-state index contributed by atoms with van der Waals surface area (Å²) in [4.78, 5) is 0. The Bertz CT molecular complexity index is 251. The number of nitrogens with one attached hydrogen (secondary N) is 1. The molecule has 1 aromatic heterocycles. The molecule has 1 aromatic rings. The minimum absolute atomic E-state index is 0.0400. The van der Waals surface area contributed by atoms with Crippen LogP contribution in [0.2, 0.25) is 0 Å². The lowest BCUT2D eigenvalue weighted by atomic mass is 9.89. The molecule has 3 heteroatoms. The molecule has 0 saturated carbocycles. The van der Waals surface area contributed by atoms with Crippen LogP contribution in [0.25, 0.3) is 0 Å². The van der Waals surface area contributed by atoms with Gasteiger partial charge in [-0.15, -0.1) is 0 Å². The average Bonchev–Trinajstić information content (AvgIpc) is 2.55. The van der Waals surface area contributed by atoms with Crippen molar-refractivity contribution in [2.45, 2.75) is 33.4 Å². The van der Waals surface area contributed by atoms with Crippen molar-refractivity contribution in [2.24, 2.45) is 5.41 Å². The largest absolute Gasteiger partial charge is 0.391 e. The fourth-order valence-electron chi connectivity index (χ4n) is 1.05. The molecule has 0 aliphatic rings. The molecule has 2 nitrogen and oxygen atoms in total. The second-order valence-electron chi connectivity index (χ2n) is 4.64. The van der Waals surface area contributed by atoms with Crippen LogP contribution in [0.15, 0.2) is 16.8 Å². The van der Waals surface area contributed by atoms with E-state index in [0.717, 1.165) is 6.54 Å². The first-order valence-corrected chi connectivity index (χ1v) is 5.84. The van der Waals surface area contributed by atoms with Gasteiger partial charge in [-0.1, -0.05) is 20.8 Å². The first-order chi connectivity index (χ1) is 6.50. The number of rotatable bonds is 4. The molecule has 0 bridgehead atoms. The summed E-state index contributed by atoms with van der Waals surface area (Å²) in [6.45, 7) is 7.63. The first-order valence-electron chi connectivity index (χ1n) is 4.90. The maximum absolute atomic E-state index is 9.75. The van der Waals surface area contributed by atoms with E-state index >= 15 is 0 Å². The van der Waals surface area contributed by atoms with E-state index in [2.05, 4.69) is 22.1 Å². The Morgan fingerprint density at radius 2 is 2.21 bits per heavy atom. The number of aliphatic hydroxyl groups excluding tert-OH is 1. The summed E-state index contributed by atoms with van der Waals surface area (Å²) in [7, 11) is 0. The van der Waals surface area contributed by atoms with Crippen LogP contribution in [0, 0.1) is 5.41 Å². The zero-order chi connectivity index (χ0) is 10.6. The van der Waals surface area contributed by atoms with Crippen molar-refractivity contribution in [3.05, 3.63) is 22.4 Å². The van der Waals surface area contributed by atoms with Crippen molar-refractivity contribution in [1.82, 2.24) is 5.32 Å².